The average Bonchev–Trinajstić information content (AvgIpc) is 0.886. The van der Waals surface area contributed by atoms with Crippen molar-refractivity contribution in [3.8, 4) is 0 Å². The molecule has 0 N–H and O–H groups in total. The Morgan fingerprint density at radius 1 is 0.173 bits per heavy atom. The molecule has 0 fully saturated rings. The summed E-state index contributed by atoms with van der Waals surface area (Å²) in [7, 11) is 0. The number of hydrogen-bond acceptors (Lipinski definition) is 35. The first kappa shape index (κ1) is 138. The Hall–Kier alpha value is 7.49. The van der Waals surface area contributed by atoms with E-state index in [0.717, 1.165) is 69.9 Å². The molecule has 0 saturated carbocycles. The van der Waals surface area contributed by atoms with Gasteiger partial charge < -0.3 is 63.3 Å². The molecule has 0 saturated heterocycles. The van der Waals surface area contributed by atoms with Crippen LogP contribution in [0.15, 0.2) is 162 Å². The van der Waals surface area contributed by atoms with Crippen LogP contribution >= 0.6 is 364 Å². The molecule has 133 heavy (non-hydrogen) atoms. The van der Waals surface area contributed by atoms with E-state index >= 15 is 0 Å². The minimum absolute atomic E-state index is 0.562. The van der Waals surface area contributed by atoms with Crippen molar-refractivity contribution in [1.82, 2.24) is 0 Å². The number of rotatable bonds is 56. The van der Waals surface area contributed by atoms with Gasteiger partial charge in [0.25, 0.3) is 0 Å². The third-order valence-electron chi connectivity index (χ3n) is 13.3. The molecule has 0 unspecified atom stereocenters. The Balaban J connectivity index is 0.000000776. The van der Waals surface area contributed by atoms with E-state index in [1.54, 1.807) is 167 Å². The van der Waals surface area contributed by atoms with E-state index in [4.69, 9.17) is 308 Å². The lowest BCUT2D eigenvalue weighted by atomic mass is 10.4. The van der Waals surface area contributed by atoms with Gasteiger partial charge in [0.1, 0.15) is 0 Å². The van der Waals surface area contributed by atoms with Gasteiger partial charge in [0.2, 0.25) is 39.9 Å². The highest BCUT2D eigenvalue weighted by Crippen LogP contribution is 2.68. The molecule has 0 aliphatic rings. The van der Waals surface area contributed by atoms with Crippen LogP contribution in [0, 0.1) is 0 Å². The topological polar surface area (TPSA) is 129 Å². The van der Waals surface area contributed by atoms with Crippen LogP contribution in [0.25, 0.3) is 0 Å². The molecule has 0 aromatic heterocycles. The van der Waals surface area contributed by atoms with Crippen LogP contribution in [-0.2, 0) is 146 Å². The molecule has 0 bridgehead atoms. The molecule has 0 radical (unpaired) electrons. The highest BCUT2D eigenvalue weighted by Gasteiger charge is 2.26. The molecule has 0 atom stereocenters. The second-order valence-electron chi connectivity index (χ2n) is 22.7. The van der Waals surface area contributed by atoms with E-state index in [0.29, 0.717) is 163 Å². The first-order chi connectivity index (χ1) is 63.0. The zero-order valence-electron chi connectivity index (χ0n) is 74.2. The molecule has 0 spiro atoms. The minimum Gasteiger partial charge on any atom is -0.322 e. The van der Waals surface area contributed by atoms with Gasteiger partial charge in [-0.15, -0.1) is 82.3 Å². The fourth-order valence-corrected chi connectivity index (χ4v) is 60.9. The predicted molar refractivity (Wildman–Crippen MR) is 646 cm³/mol. The Bertz CT molecular complexity index is 3970. The molecule has 0 aliphatic heterocycles. The summed E-state index contributed by atoms with van der Waals surface area (Å²) < 4.78 is 77.8. The summed E-state index contributed by atoms with van der Waals surface area (Å²) in [6.45, 7) is 34.7. The quantitative estimate of drug-likeness (QED) is 0.0203. The Morgan fingerprint density at radius 3 is 0.346 bits per heavy atom. The molecule has 756 valence electrons. The second kappa shape index (κ2) is 80.3. The van der Waals surface area contributed by atoms with Gasteiger partial charge in [-0.2, -0.15) is 0 Å². The van der Waals surface area contributed by atoms with Gasteiger partial charge in [-0.25, -0.2) is 0 Å². The average molecular weight is 2640 g/mol. The van der Waals surface area contributed by atoms with Crippen molar-refractivity contribution in [1.29, 1.82) is 0 Å². The third kappa shape index (κ3) is 63.7. The summed E-state index contributed by atoms with van der Waals surface area (Å²) in [5.41, 5.74) is -15.6. The second-order valence-corrected chi connectivity index (χ2v) is 82.5. The minimum atomic E-state index is -2.23. The maximum Gasteiger partial charge on any atom is 0.248 e. The Labute approximate surface area is 953 Å². The Kier molecular flexibility index (Phi) is 83.7. The number of halogens is 14. The maximum atomic E-state index is 6.10. The fourth-order valence-electron chi connectivity index (χ4n) is 8.19. The van der Waals surface area contributed by atoms with Crippen LogP contribution in [0.3, 0.4) is 0 Å². The zero-order chi connectivity index (χ0) is 100. The lowest BCUT2D eigenvalue weighted by molar-refractivity contribution is 0.280. The fraction of sp³-hybridized carbons (Fsp3) is 0.455. The van der Waals surface area contributed by atoms with Crippen LogP contribution in [0.1, 0.15) is 96.9 Å². The summed E-state index contributed by atoms with van der Waals surface area (Å²) in [5.74, 6) is 0. The molecule has 7 aromatic carbocycles. The standard InChI is InChI=1S/7C11H15Cl2O2PS3/c7*1-3-14-16(17,15-4-2)19-8-18-11-7-9(12)5-6-10(11)13/h7*5-7H,3-4,8H2,1-2H3. The van der Waals surface area contributed by atoms with Crippen molar-refractivity contribution in [2.75, 3.05) is 128 Å². The lowest BCUT2D eigenvalue weighted by Gasteiger charge is -2.19. The summed E-state index contributed by atoms with van der Waals surface area (Å²) >= 11 is 144. The monoisotopic (exact) mass is 2630 g/mol. The molecule has 0 heterocycles. The molecule has 0 amide bonds. The van der Waals surface area contributed by atoms with Gasteiger partial charge >= 0.3 is 0 Å². The van der Waals surface area contributed by atoms with Crippen LogP contribution in [0.4, 0.5) is 0 Å². The highest BCUT2D eigenvalue weighted by molar-refractivity contribution is 8.72. The SMILES string of the molecule is CCOP(=S)(OCC)SCSc1cc(Cl)ccc1Cl.CCOP(=S)(OCC)SCSc1cc(Cl)ccc1Cl.CCOP(=S)(OCC)SCSc1cc(Cl)ccc1Cl.CCOP(=S)(OCC)SCSc1cc(Cl)ccc1Cl.CCOP(=S)(OCC)SCSc1cc(Cl)ccc1Cl.CCOP(=S)(OCC)SCSc1cc(Cl)ccc1Cl.CCOP(=S)(OCC)SCSc1cc(Cl)ccc1Cl. The van der Waals surface area contributed by atoms with Crippen molar-refractivity contribution in [2.24, 2.45) is 0 Å². The van der Waals surface area contributed by atoms with Gasteiger partial charge in [-0.05, 0) is 307 Å². The van der Waals surface area contributed by atoms with Crippen LogP contribution < -0.4 is 0 Å². The smallest absolute Gasteiger partial charge is 0.248 e. The largest absolute Gasteiger partial charge is 0.322 e. The summed E-state index contributed by atoms with van der Waals surface area (Å²) in [6.07, 6.45) is 0. The van der Waals surface area contributed by atoms with Gasteiger partial charge in [0.05, 0.1) is 163 Å². The summed E-state index contributed by atoms with van der Waals surface area (Å²) in [4.78, 5) is 6.59. The van der Waals surface area contributed by atoms with Crippen molar-refractivity contribution in [3.63, 3.8) is 0 Å². The van der Waals surface area contributed by atoms with Crippen molar-refractivity contribution >= 4 is 447 Å². The molecule has 56 heteroatoms. The summed E-state index contributed by atoms with van der Waals surface area (Å²) in [6, 6.07) is 37.8. The number of thioether (sulfide) groups is 7. The van der Waals surface area contributed by atoms with E-state index in [9.17, 15) is 0 Å². The first-order valence-electron chi connectivity index (χ1n) is 39.3. The van der Waals surface area contributed by atoms with Gasteiger partial charge in [0, 0.05) is 69.4 Å². The molecular formula is C77H105Cl14O14P7S21. The van der Waals surface area contributed by atoms with E-state index in [-0.39, 0.29) is 0 Å². The van der Waals surface area contributed by atoms with E-state index in [2.05, 4.69) is 0 Å². The van der Waals surface area contributed by atoms with Crippen LogP contribution in [0.2, 0.25) is 70.3 Å². The van der Waals surface area contributed by atoms with E-state index < -0.39 is 39.9 Å². The van der Waals surface area contributed by atoms with Gasteiger partial charge in [-0.3, -0.25) is 0 Å². The normalized spacial score (nSPS) is 11.8. The lowest BCUT2D eigenvalue weighted by Crippen LogP contribution is -1.92. The predicted octanol–water partition coefficient (Wildman–Crippen LogP) is 42.5. The molecule has 7 aromatic rings. The molecule has 7 rings (SSSR count). The molecule has 14 nitrogen and oxygen atoms in total. The number of benzene rings is 7. The first-order valence-corrected chi connectivity index (χ1v) is 81.1. The van der Waals surface area contributed by atoms with Gasteiger partial charge in [0.15, 0.2) is 0 Å². The van der Waals surface area contributed by atoms with Crippen molar-refractivity contribution in [2.45, 2.75) is 131 Å². The summed E-state index contributed by atoms with van der Waals surface area (Å²) in [5, 5.41) is 14.6. The van der Waals surface area contributed by atoms with Crippen LogP contribution in [0.5, 0.6) is 0 Å². The van der Waals surface area contributed by atoms with Crippen LogP contribution in [-0.4, -0.2) is 128 Å². The van der Waals surface area contributed by atoms with Gasteiger partial charge in [-0.1, -0.05) is 242 Å². The zero-order valence-corrected chi connectivity index (χ0v) is 108. The molecular weight excluding hydrogens is 2540 g/mol. The molecule has 0 aliphatic carbocycles. The maximum absolute atomic E-state index is 6.10. The third-order valence-corrected chi connectivity index (χ3v) is 67.8. The van der Waals surface area contributed by atoms with E-state index in [1.807, 2.05) is 139 Å². The van der Waals surface area contributed by atoms with Crippen molar-refractivity contribution < 1.29 is 63.3 Å². The van der Waals surface area contributed by atoms with Crippen molar-refractivity contribution in [3.05, 3.63) is 198 Å². The highest BCUT2D eigenvalue weighted by atomic mass is 35.5. The Morgan fingerprint density at radius 2 is 0.263 bits per heavy atom. The number of hydrogen-bond donors (Lipinski definition) is 0. The van der Waals surface area contributed by atoms with E-state index in [1.165, 1.54) is 79.7 Å².